The molecule has 4 rings (SSSR count). The zero-order chi connectivity index (χ0) is 24.7. The van der Waals surface area contributed by atoms with E-state index >= 15 is 0 Å². The minimum absolute atomic E-state index is 0.0294. The highest BCUT2D eigenvalue weighted by atomic mass is 19.4. The summed E-state index contributed by atoms with van der Waals surface area (Å²) in [5.74, 6) is -0.994. The summed E-state index contributed by atoms with van der Waals surface area (Å²) in [5, 5.41) is 14.7. The summed E-state index contributed by atoms with van der Waals surface area (Å²) in [5.41, 5.74) is 8.07. The van der Waals surface area contributed by atoms with Crippen molar-refractivity contribution in [1.82, 2.24) is 15.3 Å². The molecule has 1 amide bonds. The van der Waals surface area contributed by atoms with Crippen LogP contribution in [0.3, 0.4) is 0 Å². The van der Waals surface area contributed by atoms with E-state index in [4.69, 9.17) is 9.84 Å². The zero-order valence-electron chi connectivity index (χ0n) is 18.1. The Hall–Kier alpha value is -4.28. The number of nitrogens with zero attached hydrogens (tertiary/aromatic N) is 2. The number of hydrogen-bond acceptors (Lipinski definition) is 6. The Morgan fingerprint density at radius 2 is 1.97 bits per heavy atom. The van der Waals surface area contributed by atoms with Crippen LogP contribution in [0, 0.1) is 0 Å². The maximum Gasteiger partial charge on any atom is 0.448 e. The van der Waals surface area contributed by atoms with Gasteiger partial charge in [0.1, 0.15) is 5.75 Å². The number of H-pyrrole nitrogens is 1. The Morgan fingerprint density at radius 1 is 1.26 bits per heavy atom. The third-order valence-electron chi connectivity index (χ3n) is 4.70. The molecule has 178 valence electrons. The van der Waals surface area contributed by atoms with Crippen molar-refractivity contribution >= 4 is 17.8 Å². The maximum atomic E-state index is 11.9. The van der Waals surface area contributed by atoms with Crippen LogP contribution in [0.2, 0.25) is 0 Å². The first-order chi connectivity index (χ1) is 16.2. The topological polar surface area (TPSA) is 112 Å². The summed E-state index contributed by atoms with van der Waals surface area (Å²) in [7, 11) is 1.63. The number of ether oxygens (including phenoxy) is 1. The van der Waals surface area contributed by atoms with Gasteiger partial charge in [-0.25, -0.2) is 0 Å². The lowest BCUT2D eigenvalue weighted by Gasteiger charge is -2.10. The van der Waals surface area contributed by atoms with Crippen molar-refractivity contribution in [1.29, 1.82) is 0 Å². The number of aliphatic hydroxyl groups excluding tert-OH is 1. The molecule has 0 fully saturated rings. The van der Waals surface area contributed by atoms with Gasteiger partial charge in [-0.3, -0.25) is 15.2 Å². The Morgan fingerprint density at radius 3 is 2.59 bits per heavy atom. The van der Waals surface area contributed by atoms with Crippen molar-refractivity contribution < 1.29 is 27.8 Å². The number of fused-ring (bicyclic) bond motifs is 1. The first-order valence-corrected chi connectivity index (χ1v) is 10.0. The molecule has 0 unspecified atom stereocenters. The van der Waals surface area contributed by atoms with E-state index in [0.29, 0.717) is 17.8 Å². The van der Waals surface area contributed by atoms with Crippen LogP contribution in [0.15, 0.2) is 66.1 Å². The van der Waals surface area contributed by atoms with E-state index in [2.05, 4.69) is 32.4 Å². The maximum absolute atomic E-state index is 11.9. The SMILES string of the molecule is C=C(O)C(F)(F)F.COc1ccc(N/N=C/c2cc(-c3cc4c([nH]3)CCNC4=O)ccn2)cc1. The van der Waals surface area contributed by atoms with E-state index < -0.39 is 11.9 Å². The molecule has 3 aromatic rings. The molecule has 0 aliphatic carbocycles. The Balaban J connectivity index is 0.000000406. The second-order valence-corrected chi connectivity index (χ2v) is 7.09. The molecular formula is C23H22F3N5O3. The van der Waals surface area contributed by atoms with E-state index in [9.17, 15) is 18.0 Å². The molecule has 1 aromatic carbocycles. The fourth-order valence-corrected chi connectivity index (χ4v) is 2.97. The number of halogens is 3. The summed E-state index contributed by atoms with van der Waals surface area (Å²) < 4.78 is 37.6. The monoisotopic (exact) mass is 473 g/mol. The van der Waals surface area contributed by atoms with Crippen LogP contribution in [-0.4, -0.2) is 47.0 Å². The van der Waals surface area contributed by atoms with Crippen molar-refractivity contribution in [3.63, 3.8) is 0 Å². The lowest BCUT2D eigenvalue weighted by Crippen LogP contribution is -2.31. The molecule has 8 nitrogen and oxygen atoms in total. The molecular weight excluding hydrogens is 451 g/mol. The van der Waals surface area contributed by atoms with E-state index in [1.54, 1.807) is 19.5 Å². The smallest absolute Gasteiger partial charge is 0.448 e. The molecule has 1 aliphatic rings. The number of benzene rings is 1. The van der Waals surface area contributed by atoms with E-state index in [0.717, 1.165) is 34.8 Å². The molecule has 0 saturated carbocycles. The molecule has 0 bridgehead atoms. The fraction of sp³-hybridized carbons (Fsp3) is 0.174. The predicted molar refractivity (Wildman–Crippen MR) is 122 cm³/mol. The largest absolute Gasteiger partial charge is 0.505 e. The van der Waals surface area contributed by atoms with Gasteiger partial charge in [0.25, 0.3) is 5.91 Å². The number of hydrogen-bond donors (Lipinski definition) is 4. The number of amides is 1. The van der Waals surface area contributed by atoms with Gasteiger partial charge in [-0.05, 0) is 42.5 Å². The third-order valence-corrected chi connectivity index (χ3v) is 4.70. The van der Waals surface area contributed by atoms with E-state index in [1.807, 2.05) is 42.5 Å². The quantitative estimate of drug-likeness (QED) is 0.249. The number of aromatic nitrogens is 2. The molecule has 0 atom stereocenters. The second-order valence-electron chi connectivity index (χ2n) is 7.09. The van der Waals surface area contributed by atoms with Crippen LogP contribution in [-0.2, 0) is 6.42 Å². The highest BCUT2D eigenvalue weighted by molar-refractivity contribution is 5.97. The molecule has 34 heavy (non-hydrogen) atoms. The molecule has 0 saturated heterocycles. The standard InChI is InChI=1S/C20H19N5O2.C3H3F3O/c1-27-16-4-2-14(3-5-16)25-23-12-15-10-13(6-8-21-15)19-11-17-18(24-19)7-9-22-20(17)26;1-2(7)3(4,5)6/h2-6,8,10-12,24-25H,7,9H2,1H3,(H,22,26);7H,1H2/b23-12+;. The molecule has 3 heterocycles. The molecule has 2 aromatic heterocycles. The van der Waals surface area contributed by atoms with Gasteiger partial charge in [0.2, 0.25) is 0 Å². The summed E-state index contributed by atoms with van der Waals surface area (Å²) in [6.07, 6.45) is -0.445. The Kier molecular flexibility index (Phi) is 7.57. The van der Waals surface area contributed by atoms with Crippen molar-refractivity contribution in [2.75, 3.05) is 19.1 Å². The Bertz CT molecular complexity index is 1190. The Labute approximate surface area is 193 Å². The van der Waals surface area contributed by atoms with Crippen LogP contribution in [0.25, 0.3) is 11.3 Å². The highest BCUT2D eigenvalue weighted by Crippen LogP contribution is 2.24. The lowest BCUT2D eigenvalue weighted by molar-refractivity contribution is -0.119. The highest BCUT2D eigenvalue weighted by Gasteiger charge is 2.31. The number of aliphatic hydroxyl groups is 1. The third kappa shape index (κ3) is 6.37. The first kappa shape index (κ1) is 24.4. The summed E-state index contributed by atoms with van der Waals surface area (Å²) in [6.45, 7) is 2.92. The molecule has 0 radical (unpaired) electrons. The molecule has 11 heteroatoms. The second kappa shape index (κ2) is 10.6. The van der Waals surface area contributed by atoms with Gasteiger partial charge >= 0.3 is 6.18 Å². The summed E-state index contributed by atoms with van der Waals surface area (Å²) in [6, 6.07) is 13.2. The van der Waals surface area contributed by atoms with Crippen LogP contribution in [0.4, 0.5) is 18.9 Å². The zero-order valence-corrected chi connectivity index (χ0v) is 18.1. The van der Waals surface area contributed by atoms with Crippen molar-refractivity contribution in [3.05, 3.63) is 78.0 Å². The van der Waals surface area contributed by atoms with E-state index in [-0.39, 0.29) is 5.91 Å². The number of allylic oxidation sites excluding steroid dienone is 1. The van der Waals surface area contributed by atoms with Crippen LogP contribution < -0.4 is 15.5 Å². The van der Waals surface area contributed by atoms with E-state index in [1.165, 1.54) is 0 Å². The number of carbonyl (C=O) groups is 1. The fourth-order valence-electron chi connectivity index (χ4n) is 2.97. The number of aromatic amines is 1. The van der Waals surface area contributed by atoms with Crippen molar-refractivity contribution in [2.24, 2.45) is 5.10 Å². The summed E-state index contributed by atoms with van der Waals surface area (Å²) >= 11 is 0. The van der Waals surface area contributed by atoms with Gasteiger partial charge in [-0.1, -0.05) is 6.58 Å². The van der Waals surface area contributed by atoms with Crippen LogP contribution in [0.1, 0.15) is 21.7 Å². The number of pyridine rings is 1. The predicted octanol–water partition coefficient (Wildman–Crippen LogP) is 4.44. The number of anilines is 1. The average Bonchev–Trinajstić information content (AvgIpc) is 3.26. The summed E-state index contributed by atoms with van der Waals surface area (Å²) in [4.78, 5) is 19.6. The molecule has 0 spiro atoms. The van der Waals surface area contributed by atoms with Gasteiger partial charge in [-0.15, -0.1) is 0 Å². The van der Waals surface area contributed by atoms with Crippen molar-refractivity contribution in [3.8, 4) is 17.0 Å². The number of nitrogens with one attached hydrogen (secondary N) is 3. The van der Waals surface area contributed by atoms with Gasteiger partial charge in [0.05, 0.1) is 30.3 Å². The number of carbonyl (C=O) groups excluding carboxylic acids is 1. The lowest BCUT2D eigenvalue weighted by atomic mass is 10.1. The average molecular weight is 473 g/mol. The number of alkyl halides is 3. The number of methoxy groups -OCH3 is 1. The number of rotatable bonds is 5. The molecule has 1 aliphatic heterocycles. The van der Waals surface area contributed by atoms with Crippen molar-refractivity contribution in [2.45, 2.75) is 12.6 Å². The van der Waals surface area contributed by atoms with Gasteiger partial charge in [0.15, 0.2) is 5.76 Å². The number of hydrazone groups is 1. The van der Waals surface area contributed by atoms with Gasteiger partial charge in [-0.2, -0.15) is 18.3 Å². The first-order valence-electron chi connectivity index (χ1n) is 10.0. The minimum atomic E-state index is -4.64. The van der Waals surface area contributed by atoms with Crippen LogP contribution in [0.5, 0.6) is 5.75 Å². The molecule has 4 N–H and O–H groups in total. The van der Waals surface area contributed by atoms with Gasteiger partial charge in [0, 0.05) is 36.1 Å². The van der Waals surface area contributed by atoms with Crippen LogP contribution >= 0.6 is 0 Å². The van der Waals surface area contributed by atoms with Gasteiger partial charge < -0.3 is 20.1 Å². The minimum Gasteiger partial charge on any atom is -0.505 e. The normalized spacial score (nSPS) is 12.9.